The third kappa shape index (κ3) is 8.30. The maximum absolute atomic E-state index is 12.8. The standard InChI is InChI=1S/C23H26F3NO6/c1-4-31-19-9-8-15(11-20(21(28)29)33-14(2)3)10-16(19)13-32-22(30)27-18-7-5-6-17(12-18)23(24,25)26/h5-10,12,14,20H,4,11,13H2,1-3H3,(H,27,30)(H,28,29). The molecule has 0 aromatic heterocycles. The molecule has 0 saturated heterocycles. The Balaban J connectivity index is 2.11. The van der Waals surface area contributed by atoms with E-state index in [1.54, 1.807) is 39.0 Å². The number of benzene rings is 2. The number of ether oxygens (including phenoxy) is 3. The lowest BCUT2D eigenvalue weighted by atomic mass is 10.0. The number of alkyl halides is 3. The highest BCUT2D eigenvalue weighted by atomic mass is 19.4. The largest absolute Gasteiger partial charge is 0.493 e. The van der Waals surface area contributed by atoms with Crippen molar-refractivity contribution in [3.8, 4) is 5.75 Å². The molecule has 0 bridgehead atoms. The number of anilines is 1. The normalized spacial score (nSPS) is 12.3. The lowest BCUT2D eigenvalue weighted by molar-refractivity contribution is -0.153. The third-order valence-corrected chi connectivity index (χ3v) is 4.35. The molecule has 0 radical (unpaired) electrons. The molecule has 0 heterocycles. The van der Waals surface area contributed by atoms with Gasteiger partial charge in [-0.1, -0.05) is 12.1 Å². The molecular formula is C23H26F3NO6. The summed E-state index contributed by atoms with van der Waals surface area (Å²) in [4.78, 5) is 23.6. The Kier molecular flexibility index (Phi) is 9.10. The van der Waals surface area contributed by atoms with Gasteiger partial charge in [-0.15, -0.1) is 0 Å². The van der Waals surface area contributed by atoms with Gasteiger partial charge in [0.2, 0.25) is 0 Å². The average molecular weight is 469 g/mol. The molecule has 0 aliphatic carbocycles. The second-order valence-electron chi connectivity index (χ2n) is 7.37. The van der Waals surface area contributed by atoms with Gasteiger partial charge in [-0.05, 0) is 56.7 Å². The van der Waals surface area contributed by atoms with Crippen LogP contribution in [0.3, 0.4) is 0 Å². The number of rotatable bonds is 10. The van der Waals surface area contributed by atoms with E-state index in [1.165, 1.54) is 12.1 Å². The predicted molar refractivity (Wildman–Crippen MR) is 114 cm³/mol. The first-order valence-electron chi connectivity index (χ1n) is 10.2. The average Bonchev–Trinajstić information content (AvgIpc) is 2.72. The monoisotopic (exact) mass is 469 g/mol. The smallest absolute Gasteiger partial charge is 0.416 e. The maximum Gasteiger partial charge on any atom is 0.416 e. The van der Waals surface area contributed by atoms with Crippen molar-refractivity contribution in [1.82, 2.24) is 0 Å². The number of halogens is 3. The zero-order valence-corrected chi connectivity index (χ0v) is 18.4. The van der Waals surface area contributed by atoms with E-state index in [9.17, 15) is 27.9 Å². The summed E-state index contributed by atoms with van der Waals surface area (Å²) in [5, 5.41) is 11.6. The van der Waals surface area contributed by atoms with Crippen LogP contribution in [0.2, 0.25) is 0 Å². The molecule has 2 N–H and O–H groups in total. The van der Waals surface area contributed by atoms with Crippen molar-refractivity contribution < 1.29 is 42.1 Å². The second-order valence-corrected chi connectivity index (χ2v) is 7.37. The van der Waals surface area contributed by atoms with Gasteiger partial charge in [0.1, 0.15) is 12.4 Å². The molecule has 7 nitrogen and oxygen atoms in total. The van der Waals surface area contributed by atoms with Gasteiger partial charge in [0, 0.05) is 17.7 Å². The molecule has 2 aromatic rings. The van der Waals surface area contributed by atoms with Gasteiger partial charge in [-0.25, -0.2) is 9.59 Å². The van der Waals surface area contributed by atoms with E-state index in [0.29, 0.717) is 23.5 Å². The van der Waals surface area contributed by atoms with Crippen LogP contribution < -0.4 is 10.1 Å². The van der Waals surface area contributed by atoms with Gasteiger partial charge < -0.3 is 19.3 Å². The molecule has 2 rings (SSSR count). The number of hydrogen-bond acceptors (Lipinski definition) is 5. The molecule has 1 unspecified atom stereocenters. The van der Waals surface area contributed by atoms with Crippen LogP contribution in [0.5, 0.6) is 5.75 Å². The van der Waals surface area contributed by atoms with Gasteiger partial charge in [0.05, 0.1) is 18.3 Å². The van der Waals surface area contributed by atoms with Gasteiger partial charge in [0.15, 0.2) is 6.10 Å². The van der Waals surface area contributed by atoms with Crippen LogP contribution in [0.15, 0.2) is 42.5 Å². The van der Waals surface area contributed by atoms with Crippen molar-refractivity contribution in [2.45, 2.75) is 52.2 Å². The van der Waals surface area contributed by atoms with Gasteiger partial charge >= 0.3 is 18.2 Å². The summed E-state index contributed by atoms with van der Waals surface area (Å²) in [5.41, 5.74) is 0.137. The van der Waals surface area contributed by atoms with Crippen molar-refractivity contribution in [2.24, 2.45) is 0 Å². The maximum atomic E-state index is 12.8. The van der Waals surface area contributed by atoms with Gasteiger partial charge in [-0.3, -0.25) is 5.32 Å². The number of carboxylic acids is 1. The zero-order valence-electron chi connectivity index (χ0n) is 18.4. The van der Waals surface area contributed by atoms with Crippen LogP contribution in [0.1, 0.15) is 37.5 Å². The number of hydrogen-bond donors (Lipinski definition) is 2. The number of carboxylic acid groups (broad SMARTS) is 1. The Bertz CT molecular complexity index is 961. The van der Waals surface area contributed by atoms with Crippen LogP contribution in [0.25, 0.3) is 0 Å². The Morgan fingerprint density at radius 2 is 1.85 bits per heavy atom. The summed E-state index contributed by atoms with van der Waals surface area (Å²) in [6, 6.07) is 9.14. The highest BCUT2D eigenvalue weighted by molar-refractivity contribution is 5.84. The van der Waals surface area contributed by atoms with E-state index in [1.807, 2.05) is 0 Å². The lowest BCUT2D eigenvalue weighted by Crippen LogP contribution is -2.29. The van der Waals surface area contributed by atoms with Crippen molar-refractivity contribution in [3.05, 3.63) is 59.2 Å². The Morgan fingerprint density at radius 1 is 1.12 bits per heavy atom. The highest BCUT2D eigenvalue weighted by Crippen LogP contribution is 2.30. The van der Waals surface area contributed by atoms with Crippen LogP contribution >= 0.6 is 0 Å². The van der Waals surface area contributed by atoms with Crippen molar-refractivity contribution in [1.29, 1.82) is 0 Å². The summed E-state index contributed by atoms with van der Waals surface area (Å²) < 4.78 is 54.6. The molecule has 0 aliphatic heterocycles. The number of aliphatic carboxylic acids is 1. The van der Waals surface area contributed by atoms with Crippen LogP contribution in [-0.2, 0) is 33.5 Å². The van der Waals surface area contributed by atoms with Crippen LogP contribution in [0.4, 0.5) is 23.7 Å². The van der Waals surface area contributed by atoms with Crippen molar-refractivity contribution in [2.75, 3.05) is 11.9 Å². The minimum absolute atomic E-state index is 0.0660. The molecule has 180 valence electrons. The molecule has 0 aliphatic rings. The summed E-state index contributed by atoms with van der Waals surface area (Å²) >= 11 is 0. The molecular weight excluding hydrogens is 443 g/mol. The van der Waals surface area contributed by atoms with Crippen LogP contribution in [0, 0.1) is 0 Å². The first-order chi connectivity index (χ1) is 15.5. The number of nitrogens with one attached hydrogen (secondary N) is 1. The minimum atomic E-state index is -4.54. The van der Waals surface area contributed by atoms with Gasteiger partial charge in [0.25, 0.3) is 0 Å². The fourth-order valence-corrected chi connectivity index (χ4v) is 2.98. The zero-order chi connectivity index (χ0) is 24.6. The summed E-state index contributed by atoms with van der Waals surface area (Å²) in [6.07, 6.45) is -6.74. The van der Waals surface area contributed by atoms with E-state index < -0.39 is 29.9 Å². The molecule has 2 aromatic carbocycles. The van der Waals surface area contributed by atoms with E-state index >= 15 is 0 Å². The molecule has 0 saturated carbocycles. The molecule has 0 fully saturated rings. The molecule has 0 spiro atoms. The Morgan fingerprint density at radius 3 is 2.45 bits per heavy atom. The van der Waals surface area contributed by atoms with Crippen LogP contribution in [-0.4, -0.2) is 36.0 Å². The predicted octanol–water partition coefficient (Wildman–Crippen LogP) is 5.27. The highest BCUT2D eigenvalue weighted by Gasteiger charge is 2.30. The number of amides is 1. The lowest BCUT2D eigenvalue weighted by Gasteiger charge is -2.18. The summed E-state index contributed by atoms with van der Waals surface area (Å²) in [5.74, 6) is -0.666. The summed E-state index contributed by atoms with van der Waals surface area (Å²) in [7, 11) is 0. The molecule has 33 heavy (non-hydrogen) atoms. The van der Waals surface area contributed by atoms with Crippen molar-refractivity contribution >= 4 is 17.7 Å². The van der Waals surface area contributed by atoms with E-state index in [4.69, 9.17) is 14.2 Å². The minimum Gasteiger partial charge on any atom is -0.493 e. The number of carbonyl (C=O) groups is 2. The van der Waals surface area contributed by atoms with Crippen molar-refractivity contribution in [3.63, 3.8) is 0 Å². The Labute approximate surface area is 189 Å². The molecule has 1 amide bonds. The first kappa shape index (κ1) is 26.0. The topological polar surface area (TPSA) is 94.1 Å². The molecule has 1 atom stereocenters. The second kappa shape index (κ2) is 11.6. The van der Waals surface area contributed by atoms with E-state index in [-0.39, 0.29) is 24.8 Å². The molecule has 10 heteroatoms. The third-order valence-electron chi connectivity index (χ3n) is 4.35. The quantitative estimate of drug-likeness (QED) is 0.492. The number of carbonyl (C=O) groups excluding carboxylic acids is 1. The summed E-state index contributed by atoms with van der Waals surface area (Å²) in [6.45, 7) is 5.34. The SMILES string of the molecule is CCOc1ccc(CC(OC(C)C)C(=O)O)cc1COC(=O)Nc1cccc(C(F)(F)F)c1. The fourth-order valence-electron chi connectivity index (χ4n) is 2.98. The Hall–Kier alpha value is -3.27. The first-order valence-corrected chi connectivity index (χ1v) is 10.2. The van der Waals surface area contributed by atoms with E-state index in [2.05, 4.69) is 5.32 Å². The van der Waals surface area contributed by atoms with E-state index in [0.717, 1.165) is 12.1 Å². The van der Waals surface area contributed by atoms with Gasteiger partial charge in [-0.2, -0.15) is 13.2 Å². The fraction of sp³-hybridized carbons (Fsp3) is 0.391.